The van der Waals surface area contributed by atoms with Crippen molar-refractivity contribution in [2.75, 3.05) is 5.32 Å². The van der Waals surface area contributed by atoms with Gasteiger partial charge in [-0.15, -0.1) is 0 Å². The second-order valence-corrected chi connectivity index (χ2v) is 5.89. The van der Waals surface area contributed by atoms with E-state index in [-0.39, 0.29) is 12.1 Å². The zero-order valence-electron chi connectivity index (χ0n) is 10.7. The lowest BCUT2D eigenvalue weighted by molar-refractivity contribution is 0.623. The number of nitrogens with one attached hydrogen (secondary N) is 1. The van der Waals surface area contributed by atoms with E-state index in [1.165, 1.54) is 11.1 Å². The molecule has 3 rings (SSSR count). The fourth-order valence-electron chi connectivity index (χ4n) is 2.60. The molecule has 2 unspecified atom stereocenters. The lowest BCUT2D eigenvalue weighted by Crippen LogP contribution is -2.30. The van der Waals surface area contributed by atoms with Gasteiger partial charge in [-0.25, -0.2) is 4.98 Å². The van der Waals surface area contributed by atoms with Gasteiger partial charge >= 0.3 is 0 Å². The highest BCUT2D eigenvalue weighted by molar-refractivity contribution is 9.10. The third kappa shape index (κ3) is 2.38. The van der Waals surface area contributed by atoms with Crippen molar-refractivity contribution in [2.24, 2.45) is 5.73 Å². The summed E-state index contributed by atoms with van der Waals surface area (Å²) < 4.78 is 0.976. The first-order valence-corrected chi connectivity index (χ1v) is 7.16. The molecule has 0 fully saturated rings. The first-order chi connectivity index (χ1) is 9.15. The number of anilines is 1. The summed E-state index contributed by atoms with van der Waals surface area (Å²) in [6.45, 7) is 2.03. The van der Waals surface area contributed by atoms with Crippen molar-refractivity contribution < 1.29 is 0 Å². The summed E-state index contributed by atoms with van der Waals surface area (Å²) in [5, 5.41) is 3.46. The molecule has 1 heterocycles. The Labute approximate surface area is 121 Å². The standard InChI is InChI=1S/C15H16BrN3/c1-9-6-12(16)15(18-8-9)19-14-11-5-3-2-4-10(11)7-13(14)17/h2-6,8,13-14H,7,17H2,1H3,(H,18,19). The van der Waals surface area contributed by atoms with Crippen LogP contribution in [0.5, 0.6) is 0 Å². The molecule has 1 aromatic heterocycles. The van der Waals surface area contributed by atoms with Gasteiger partial charge in [-0.3, -0.25) is 0 Å². The SMILES string of the molecule is Cc1cnc(NC2c3ccccc3CC2N)c(Br)c1. The number of pyridine rings is 1. The zero-order chi connectivity index (χ0) is 13.4. The number of nitrogens with zero attached hydrogens (tertiary/aromatic N) is 1. The van der Waals surface area contributed by atoms with E-state index < -0.39 is 0 Å². The summed E-state index contributed by atoms with van der Waals surface area (Å²) in [5.74, 6) is 0.850. The number of rotatable bonds is 2. The summed E-state index contributed by atoms with van der Waals surface area (Å²) in [5.41, 5.74) is 10.00. The van der Waals surface area contributed by atoms with Gasteiger partial charge in [0.15, 0.2) is 0 Å². The van der Waals surface area contributed by atoms with Gasteiger partial charge in [0.1, 0.15) is 5.82 Å². The minimum Gasteiger partial charge on any atom is -0.361 e. The van der Waals surface area contributed by atoms with Crippen molar-refractivity contribution in [3.63, 3.8) is 0 Å². The predicted molar refractivity (Wildman–Crippen MR) is 81.2 cm³/mol. The summed E-state index contributed by atoms with van der Waals surface area (Å²) in [4.78, 5) is 4.44. The first-order valence-electron chi connectivity index (χ1n) is 6.37. The molecule has 2 aromatic rings. The Balaban J connectivity index is 1.91. The minimum absolute atomic E-state index is 0.0902. The molecule has 4 heteroatoms. The van der Waals surface area contributed by atoms with E-state index >= 15 is 0 Å². The molecule has 98 valence electrons. The molecular formula is C15H16BrN3. The number of hydrogen-bond acceptors (Lipinski definition) is 3. The number of nitrogens with two attached hydrogens (primary N) is 1. The van der Waals surface area contributed by atoms with Crippen LogP contribution in [0.3, 0.4) is 0 Å². The Hall–Kier alpha value is -1.39. The van der Waals surface area contributed by atoms with Crippen LogP contribution in [-0.2, 0) is 6.42 Å². The molecule has 0 amide bonds. The second-order valence-electron chi connectivity index (χ2n) is 5.03. The van der Waals surface area contributed by atoms with Gasteiger partial charge < -0.3 is 11.1 Å². The Morgan fingerprint density at radius 1 is 1.37 bits per heavy atom. The number of halogens is 1. The molecule has 0 spiro atoms. The van der Waals surface area contributed by atoms with E-state index in [1.54, 1.807) is 0 Å². The zero-order valence-corrected chi connectivity index (χ0v) is 12.3. The fourth-order valence-corrected chi connectivity index (χ4v) is 3.18. The molecule has 0 radical (unpaired) electrons. The Bertz CT molecular complexity index is 612. The molecular weight excluding hydrogens is 302 g/mol. The molecule has 0 bridgehead atoms. The van der Waals surface area contributed by atoms with Crippen LogP contribution in [0.25, 0.3) is 0 Å². The number of benzene rings is 1. The van der Waals surface area contributed by atoms with Crippen molar-refractivity contribution in [1.82, 2.24) is 4.98 Å². The highest BCUT2D eigenvalue weighted by Crippen LogP contribution is 2.34. The Morgan fingerprint density at radius 2 is 2.16 bits per heavy atom. The number of hydrogen-bond donors (Lipinski definition) is 2. The molecule has 19 heavy (non-hydrogen) atoms. The van der Waals surface area contributed by atoms with Crippen LogP contribution in [0.4, 0.5) is 5.82 Å². The van der Waals surface area contributed by atoms with Crippen LogP contribution in [0.1, 0.15) is 22.7 Å². The quantitative estimate of drug-likeness (QED) is 0.894. The van der Waals surface area contributed by atoms with Crippen LogP contribution in [0, 0.1) is 6.92 Å². The molecule has 3 N–H and O–H groups in total. The van der Waals surface area contributed by atoms with Crippen LogP contribution < -0.4 is 11.1 Å². The molecule has 2 atom stereocenters. The molecule has 3 nitrogen and oxygen atoms in total. The second kappa shape index (κ2) is 4.94. The minimum atomic E-state index is 0.0902. The summed E-state index contributed by atoms with van der Waals surface area (Å²) in [7, 11) is 0. The summed E-state index contributed by atoms with van der Waals surface area (Å²) >= 11 is 3.55. The highest BCUT2D eigenvalue weighted by atomic mass is 79.9. The van der Waals surface area contributed by atoms with Gasteiger partial charge in [0, 0.05) is 12.2 Å². The average molecular weight is 318 g/mol. The van der Waals surface area contributed by atoms with E-state index in [4.69, 9.17) is 5.73 Å². The lowest BCUT2D eigenvalue weighted by atomic mass is 10.1. The van der Waals surface area contributed by atoms with Crippen LogP contribution in [0.15, 0.2) is 41.0 Å². The Kier molecular flexibility index (Phi) is 3.29. The number of aryl methyl sites for hydroxylation is 1. The van der Waals surface area contributed by atoms with Gasteiger partial charge in [0.05, 0.1) is 10.5 Å². The third-order valence-corrected chi connectivity index (χ3v) is 4.15. The number of aromatic nitrogens is 1. The molecule has 0 aliphatic heterocycles. The van der Waals surface area contributed by atoms with E-state index in [1.807, 2.05) is 13.1 Å². The molecule has 1 aromatic carbocycles. The smallest absolute Gasteiger partial charge is 0.140 e. The van der Waals surface area contributed by atoms with Crippen molar-refractivity contribution >= 4 is 21.7 Å². The Morgan fingerprint density at radius 3 is 2.95 bits per heavy atom. The maximum atomic E-state index is 6.25. The van der Waals surface area contributed by atoms with Gasteiger partial charge in [0.25, 0.3) is 0 Å². The monoisotopic (exact) mass is 317 g/mol. The van der Waals surface area contributed by atoms with Crippen LogP contribution >= 0.6 is 15.9 Å². The molecule has 1 aliphatic rings. The third-order valence-electron chi connectivity index (χ3n) is 3.54. The highest BCUT2D eigenvalue weighted by Gasteiger charge is 2.29. The summed E-state index contributed by atoms with van der Waals surface area (Å²) in [6, 6.07) is 10.7. The first kappa shape index (κ1) is 12.6. The van der Waals surface area contributed by atoms with E-state index in [9.17, 15) is 0 Å². The maximum absolute atomic E-state index is 6.25. The van der Waals surface area contributed by atoms with Gasteiger partial charge in [-0.05, 0) is 52.0 Å². The maximum Gasteiger partial charge on any atom is 0.140 e. The molecule has 1 aliphatic carbocycles. The molecule has 0 saturated heterocycles. The van der Waals surface area contributed by atoms with E-state index in [0.717, 1.165) is 22.3 Å². The van der Waals surface area contributed by atoms with Crippen molar-refractivity contribution in [1.29, 1.82) is 0 Å². The predicted octanol–water partition coefficient (Wildman–Crippen LogP) is 3.19. The largest absolute Gasteiger partial charge is 0.361 e. The van der Waals surface area contributed by atoms with Crippen LogP contribution in [-0.4, -0.2) is 11.0 Å². The van der Waals surface area contributed by atoms with Crippen molar-refractivity contribution in [2.45, 2.75) is 25.4 Å². The van der Waals surface area contributed by atoms with Crippen LogP contribution in [0.2, 0.25) is 0 Å². The fraction of sp³-hybridized carbons (Fsp3) is 0.267. The number of fused-ring (bicyclic) bond motifs is 1. The summed E-state index contributed by atoms with van der Waals surface area (Å²) in [6.07, 6.45) is 2.77. The van der Waals surface area contributed by atoms with Crippen molar-refractivity contribution in [3.8, 4) is 0 Å². The van der Waals surface area contributed by atoms with Gasteiger partial charge in [-0.2, -0.15) is 0 Å². The van der Waals surface area contributed by atoms with E-state index in [0.29, 0.717) is 0 Å². The normalized spacial score (nSPS) is 21.2. The average Bonchev–Trinajstić information content (AvgIpc) is 2.69. The van der Waals surface area contributed by atoms with E-state index in [2.05, 4.69) is 56.6 Å². The van der Waals surface area contributed by atoms with Gasteiger partial charge in [0.2, 0.25) is 0 Å². The topological polar surface area (TPSA) is 50.9 Å². The lowest BCUT2D eigenvalue weighted by Gasteiger charge is -2.20. The van der Waals surface area contributed by atoms with Crippen molar-refractivity contribution in [3.05, 3.63) is 57.7 Å². The van der Waals surface area contributed by atoms with Gasteiger partial charge in [-0.1, -0.05) is 24.3 Å². The molecule has 0 saturated carbocycles.